The number of methoxy groups -OCH3 is 1. The predicted octanol–water partition coefficient (Wildman–Crippen LogP) is 3.07. The van der Waals surface area contributed by atoms with Gasteiger partial charge in [0.15, 0.2) is 17.3 Å². The average molecular weight is 479 g/mol. The van der Waals surface area contributed by atoms with Gasteiger partial charge in [-0.25, -0.2) is 12.8 Å². The number of nitrogens with two attached hydrogens (primary N) is 1. The number of rotatable bonds is 8. The lowest BCUT2D eigenvalue weighted by Gasteiger charge is -2.61. The molecule has 9 heteroatoms. The first-order valence-electron chi connectivity index (χ1n) is 11.7. The summed E-state index contributed by atoms with van der Waals surface area (Å²) in [7, 11) is -2.80. The molecule has 5 aliphatic carbocycles. The van der Waals surface area contributed by atoms with Crippen molar-refractivity contribution in [2.75, 3.05) is 7.11 Å². The number of Topliss-reactive ketones (excluding diaryl/α,β-unsaturated/α-hetero) is 1. The molecule has 0 aliphatic heterocycles. The maximum Gasteiger partial charge on any atom is 0.241 e. The minimum absolute atomic E-state index is 0.0476. The van der Waals surface area contributed by atoms with Crippen LogP contribution in [0.25, 0.3) is 0 Å². The first-order chi connectivity index (χ1) is 15.5. The molecule has 0 aromatic heterocycles. The van der Waals surface area contributed by atoms with Gasteiger partial charge in [-0.05, 0) is 93.2 Å². The summed E-state index contributed by atoms with van der Waals surface area (Å²) in [6, 6.07) is 3.45. The van der Waals surface area contributed by atoms with Gasteiger partial charge in [-0.15, -0.1) is 0 Å². The van der Waals surface area contributed by atoms with E-state index in [0.29, 0.717) is 31.1 Å². The fourth-order valence-electron chi connectivity index (χ4n) is 7.56. The molecule has 0 radical (unpaired) electrons. The number of hydrogen-bond donors (Lipinski definition) is 2. The van der Waals surface area contributed by atoms with Crippen LogP contribution in [0.3, 0.4) is 0 Å². The minimum Gasteiger partial charge on any atom is -0.494 e. The van der Waals surface area contributed by atoms with Crippen LogP contribution in [-0.2, 0) is 19.6 Å². The number of carbonyl (C=O) groups is 2. The SMILES string of the molecule is COc1ccc(S(=O)(=O)NC2(C(=O)CC34CC5CC(C3)CC(C(N)=O)(C5)C4)CCC2)cc1F. The van der Waals surface area contributed by atoms with Crippen molar-refractivity contribution >= 4 is 21.7 Å². The van der Waals surface area contributed by atoms with E-state index in [1.807, 2.05) is 0 Å². The lowest BCUT2D eigenvalue weighted by Crippen LogP contribution is -2.62. The molecule has 4 bridgehead atoms. The number of amides is 1. The van der Waals surface area contributed by atoms with E-state index >= 15 is 0 Å². The summed E-state index contributed by atoms with van der Waals surface area (Å²) in [5, 5.41) is 0. The Morgan fingerprint density at radius 1 is 1.18 bits per heavy atom. The molecule has 5 saturated carbocycles. The van der Waals surface area contributed by atoms with Crippen LogP contribution in [0, 0.1) is 28.5 Å². The van der Waals surface area contributed by atoms with Crippen LogP contribution in [0.5, 0.6) is 5.75 Å². The first kappa shape index (κ1) is 22.8. The standard InChI is InChI=1S/C24H31FN2O5S/c1-32-19-4-3-17(8-18(19)25)33(30,31)27-24(5-2-6-24)20(28)13-22-9-15-7-16(10-22)12-23(11-15,14-22)21(26)29/h3-4,8,15-16,27H,2,5-7,9-14H2,1H3,(H2,26,29). The second-order valence-corrected chi connectivity index (χ2v) is 12.7. The van der Waals surface area contributed by atoms with E-state index < -0.39 is 26.8 Å². The number of ketones is 1. The molecule has 33 heavy (non-hydrogen) atoms. The van der Waals surface area contributed by atoms with Crippen molar-refractivity contribution in [3.8, 4) is 5.75 Å². The van der Waals surface area contributed by atoms with Gasteiger partial charge in [0.25, 0.3) is 0 Å². The van der Waals surface area contributed by atoms with Gasteiger partial charge in [0.2, 0.25) is 15.9 Å². The fourth-order valence-corrected chi connectivity index (χ4v) is 9.01. The Labute approximate surface area is 193 Å². The Morgan fingerprint density at radius 2 is 1.85 bits per heavy atom. The molecule has 7 nitrogen and oxygen atoms in total. The number of nitrogens with one attached hydrogen (secondary N) is 1. The Hall–Kier alpha value is -2.00. The second kappa shape index (κ2) is 7.50. The van der Waals surface area contributed by atoms with E-state index in [-0.39, 0.29) is 34.2 Å². The largest absolute Gasteiger partial charge is 0.494 e. The highest BCUT2D eigenvalue weighted by atomic mass is 32.2. The molecule has 180 valence electrons. The van der Waals surface area contributed by atoms with Gasteiger partial charge in [-0.3, -0.25) is 9.59 Å². The number of halogens is 1. The smallest absolute Gasteiger partial charge is 0.241 e. The molecule has 0 saturated heterocycles. The highest BCUT2D eigenvalue weighted by Gasteiger charge is 2.61. The van der Waals surface area contributed by atoms with Crippen molar-refractivity contribution in [1.82, 2.24) is 4.72 Å². The summed E-state index contributed by atoms with van der Waals surface area (Å²) in [6.07, 6.45) is 7.00. The topological polar surface area (TPSA) is 116 Å². The maximum atomic E-state index is 14.1. The van der Waals surface area contributed by atoms with Crippen molar-refractivity contribution < 1.29 is 27.1 Å². The number of benzene rings is 1. The predicted molar refractivity (Wildman–Crippen MR) is 118 cm³/mol. The minimum atomic E-state index is -4.10. The van der Waals surface area contributed by atoms with Crippen LogP contribution >= 0.6 is 0 Å². The monoisotopic (exact) mass is 478 g/mol. The van der Waals surface area contributed by atoms with Gasteiger partial charge in [0, 0.05) is 6.42 Å². The van der Waals surface area contributed by atoms with Gasteiger partial charge >= 0.3 is 0 Å². The van der Waals surface area contributed by atoms with Crippen LogP contribution in [0.4, 0.5) is 4.39 Å². The van der Waals surface area contributed by atoms with Crippen molar-refractivity contribution in [3.05, 3.63) is 24.0 Å². The van der Waals surface area contributed by atoms with Crippen molar-refractivity contribution in [2.45, 2.75) is 74.6 Å². The molecule has 1 amide bonds. The van der Waals surface area contributed by atoms with E-state index in [1.54, 1.807) is 0 Å². The Morgan fingerprint density at radius 3 is 2.36 bits per heavy atom. The van der Waals surface area contributed by atoms with E-state index in [4.69, 9.17) is 10.5 Å². The number of primary amides is 1. The Balaban J connectivity index is 1.38. The number of ether oxygens (including phenoxy) is 1. The zero-order valence-electron chi connectivity index (χ0n) is 18.9. The van der Waals surface area contributed by atoms with Crippen LogP contribution in [0.2, 0.25) is 0 Å². The average Bonchev–Trinajstić information content (AvgIpc) is 2.69. The van der Waals surface area contributed by atoms with Crippen LogP contribution < -0.4 is 15.2 Å². The maximum absolute atomic E-state index is 14.1. The van der Waals surface area contributed by atoms with E-state index in [9.17, 15) is 22.4 Å². The molecule has 5 aliphatic rings. The molecule has 1 aromatic rings. The summed E-state index contributed by atoms with van der Waals surface area (Å²) < 4.78 is 47.8. The van der Waals surface area contributed by atoms with E-state index in [1.165, 1.54) is 19.2 Å². The number of sulfonamides is 1. The third-order valence-corrected chi connectivity index (χ3v) is 10.3. The third-order valence-electron chi connectivity index (χ3n) is 8.74. The van der Waals surface area contributed by atoms with Crippen molar-refractivity contribution in [1.29, 1.82) is 0 Å². The molecule has 2 atom stereocenters. The molecule has 6 rings (SSSR count). The Bertz CT molecular complexity index is 1100. The fraction of sp³-hybridized carbons (Fsp3) is 0.667. The second-order valence-electron chi connectivity index (χ2n) is 11.0. The quantitative estimate of drug-likeness (QED) is 0.596. The molecule has 1 aromatic carbocycles. The van der Waals surface area contributed by atoms with Gasteiger partial charge in [-0.2, -0.15) is 4.72 Å². The molecular formula is C24H31FN2O5S. The molecule has 0 spiro atoms. The lowest BCUT2D eigenvalue weighted by molar-refractivity contribution is -0.159. The molecule has 2 unspecified atom stereocenters. The van der Waals surface area contributed by atoms with Gasteiger partial charge in [0.05, 0.1) is 23.0 Å². The summed E-state index contributed by atoms with van der Waals surface area (Å²) >= 11 is 0. The van der Waals surface area contributed by atoms with Gasteiger partial charge < -0.3 is 10.5 Å². The van der Waals surface area contributed by atoms with Crippen LogP contribution in [0.1, 0.15) is 64.2 Å². The highest BCUT2D eigenvalue weighted by Crippen LogP contribution is 2.66. The highest BCUT2D eigenvalue weighted by molar-refractivity contribution is 7.89. The zero-order valence-corrected chi connectivity index (χ0v) is 19.7. The van der Waals surface area contributed by atoms with Crippen LogP contribution in [0.15, 0.2) is 23.1 Å². The van der Waals surface area contributed by atoms with Gasteiger partial charge in [0.1, 0.15) is 0 Å². The Kier molecular flexibility index (Phi) is 5.18. The molecule has 3 N–H and O–H groups in total. The first-order valence-corrected chi connectivity index (χ1v) is 13.2. The normalized spacial score (nSPS) is 34.0. The summed E-state index contributed by atoms with van der Waals surface area (Å²) in [4.78, 5) is 25.8. The van der Waals surface area contributed by atoms with Crippen molar-refractivity contribution in [3.63, 3.8) is 0 Å². The number of carbonyl (C=O) groups excluding carboxylic acids is 2. The van der Waals surface area contributed by atoms with E-state index in [0.717, 1.165) is 44.6 Å². The summed E-state index contributed by atoms with van der Waals surface area (Å²) in [5.41, 5.74) is 3.86. The molecular weight excluding hydrogens is 447 g/mol. The summed E-state index contributed by atoms with van der Waals surface area (Å²) in [6.45, 7) is 0. The van der Waals surface area contributed by atoms with E-state index in [2.05, 4.69) is 4.72 Å². The van der Waals surface area contributed by atoms with Crippen LogP contribution in [-0.4, -0.2) is 32.8 Å². The van der Waals surface area contributed by atoms with Crippen molar-refractivity contribution in [2.24, 2.45) is 28.4 Å². The molecule has 0 heterocycles. The van der Waals surface area contributed by atoms with Gasteiger partial charge in [-0.1, -0.05) is 0 Å². The summed E-state index contributed by atoms with van der Waals surface area (Å²) in [5.74, 6) is -0.388. The zero-order chi connectivity index (χ0) is 23.6. The molecule has 5 fully saturated rings. The lowest BCUT2D eigenvalue weighted by atomic mass is 9.43. The third kappa shape index (κ3) is 3.67. The number of hydrogen-bond acceptors (Lipinski definition) is 5.